The molecule has 0 saturated heterocycles. The predicted octanol–water partition coefficient (Wildman–Crippen LogP) is 1.66. The van der Waals surface area contributed by atoms with E-state index < -0.39 is 5.54 Å². The van der Waals surface area contributed by atoms with E-state index >= 15 is 0 Å². The zero-order valence-corrected chi connectivity index (χ0v) is 14.2. The third-order valence-corrected chi connectivity index (χ3v) is 3.69. The molecule has 0 aromatic heterocycles. The van der Waals surface area contributed by atoms with Gasteiger partial charge in [0.2, 0.25) is 0 Å². The Morgan fingerprint density at radius 2 is 1.90 bits per heavy atom. The van der Waals surface area contributed by atoms with Gasteiger partial charge in [0.1, 0.15) is 5.54 Å². The van der Waals surface area contributed by atoms with Gasteiger partial charge in [-0.3, -0.25) is 9.69 Å². The van der Waals surface area contributed by atoms with E-state index in [1.54, 1.807) is 7.11 Å². The van der Waals surface area contributed by atoms with E-state index in [0.29, 0.717) is 19.1 Å². The maximum absolute atomic E-state index is 12.0. The lowest BCUT2D eigenvalue weighted by atomic mass is 9.92. The molecule has 1 N–H and O–H groups in total. The molecule has 0 rings (SSSR count). The van der Waals surface area contributed by atoms with Crippen LogP contribution in [0.1, 0.15) is 41.0 Å². The largest absolute Gasteiger partial charge is 0.468 e. The highest BCUT2D eigenvalue weighted by Crippen LogP contribution is 2.19. The Labute approximate surface area is 124 Å². The van der Waals surface area contributed by atoms with Gasteiger partial charge in [-0.25, -0.2) is 0 Å². The molecule has 120 valence electrons. The van der Waals surface area contributed by atoms with Gasteiger partial charge in [0.15, 0.2) is 0 Å². The molecule has 20 heavy (non-hydrogen) atoms. The van der Waals surface area contributed by atoms with Crippen LogP contribution in [0.15, 0.2) is 0 Å². The summed E-state index contributed by atoms with van der Waals surface area (Å²) in [5.41, 5.74) is -0.650. The number of ether oxygens (including phenoxy) is 2. The maximum atomic E-state index is 12.0. The minimum Gasteiger partial charge on any atom is -0.468 e. The molecule has 0 radical (unpaired) electrons. The van der Waals surface area contributed by atoms with Crippen molar-refractivity contribution in [3.63, 3.8) is 0 Å². The normalized spacial score (nSPS) is 16.2. The average molecular weight is 288 g/mol. The first-order chi connectivity index (χ1) is 9.32. The minimum atomic E-state index is -0.650. The Bertz CT molecular complexity index is 284. The van der Waals surface area contributed by atoms with Crippen LogP contribution in [0.4, 0.5) is 0 Å². The van der Waals surface area contributed by atoms with E-state index in [1.165, 1.54) is 7.11 Å². The quantitative estimate of drug-likeness (QED) is 0.620. The fourth-order valence-electron chi connectivity index (χ4n) is 2.74. The minimum absolute atomic E-state index is 0.207. The first-order valence-corrected chi connectivity index (χ1v) is 7.40. The summed E-state index contributed by atoms with van der Waals surface area (Å²) in [7, 11) is 3.15. The fraction of sp³-hybridized carbons (Fsp3) is 0.933. The Balaban J connectivity index is 4.86. The Hall–Kier alpha value is -0.650. The lowest BCUT2D eigenvalue weighted by Crippen LogP contribution is -2.55. The van der Waals surface area contributed by atoms with Crippen LogP contribution < -0.4 is 5.32 Å². The number of carbonyl (C=O) groups excluding carboxylic acids is 1. The monoisotopic (exact) mass is 288 g/mol. The van der Waals surface area contributed by atoms with E-state index in [9.17, 15) is 4.79 Å². The van der Waals surface area contributed by atoms with Gasteiger partial charge in [-0.1, -0.05) is 6.92 Å². The van der Waals surface area contributed by atoms with Gasteiger partial charge in [0, 0.05) is 25.7 Å². The molecular weight excluding hydrogens is 256 g/mol. The number of carbonyl (C=O) groups is 1. The number of hydrogen-bond donors (Lipinski definition) is 1. The summed E-state index contributed by atoms with van der Waals surface area (Å²) >= 11 is 0. The van der Waals surface area contributed by atoms with E-state index in [4.69, 9.17) is 9.47 Å². The average Bonchev–Trinajstić information content (AvgIpc) is 2.37. The van der Waals surface area contributed by atoms with Crippen molar-refractivity contribution in [3.05, 3.63) is 0 Å². The van der Waals surface area contributed by atoms with Crippen molar-refractivity contribution in [1.29, 1.82) is 0 Å². The third kappa shape index (κ3) is 5.77. The topological polar surface area (TPSA) is 50.8 Å². The fourth-order valence-corrected chi connectivity index (χ4v) is 2.74. The molecule has 2 unspecified atom stereocenters. The molecule has 0 amide bonds. The van der Waals surface area contributed by atoms with Crippen LogP contribution in [0.2, 0.25) is 0 Å². The number of nitrogens with one attached hydrogen (secondary N) is 1. The van der Waals surface area contributed by atoms with Crippen LogP contribution >= 0.6 is 0 Å². The summed E-state index contributed by atoms with van der Waals surface area (Å²) in [6.07, 6.45) is 0.704. The van der Waals surface area contributed by atoms with Gasteiger partial charge in [0.05, 0.1) is 13.7 Å². The van der Waals surface area contributed by atoms with Crippen LogP contribution in [0.5, 0.6) is 0 Å². The molecule has 0 aliphatic carbocycles. The van der Waals surface area contributed by atoms with Gasteiger partial charge >= 0.3 is 5.97 Å². The van der Waals surface area contributed by atoms with E-state index in [-0.39, 0.29) is 12.0 Å². The van der Waals surface area contributed by atoms with Crippen molar-refractivity contribution in [2.75, 3.05) is 33.9 Å². The van der Waals surface area contributed by atoms with Gasteiger partial charge in [-0.05, 0) is 40.7 Å². The van der Waals surface area contributed by atoms with Crippen LogP contribution in [-0.4, -0.2) is 62.4 Å². The molecule has 0 spiro atoms. The second kappa shape index (κ2) is 9.32. The summed E-state index contributed by atoms with van der Waals surface area (Å²) < 4.78 is 10.1. The van der Waals surface area contributed by atoms with Gasteiger partial charge in [0.25, 0.3) is 0 Å². The Morgan fingerprint density at radius 3 is 2.30 bits per heavy atom. The molecule has 0 aromatic carbocycles. The highest BCUT2D eigenvalue weighted by Gasteiger charge is 2.36. The van der Waals surface area contributed by atoms with Gasteiger partial charge in [-0.2, -0.15) is 0 Å². The third-order valence-electron chi connectivity index (χ3n) is 3.69. The molecule has 5 heteroatoms. The van der Waals surface area contributed by atoms with Crippen LogP contribution in [0, 0.1) is 0 Å². The number of rotatable bonds is 10. The number of nitrogens with zero attached hydrogens (tertiary/aromatic N) is 1. The van der Waals surface area contributed by atoms with E-state index in [2.05, 4.69) is 31.0 Å². The molecule has 0 saturated carbocycles. The van der Waals surface area contributed by atoms with Crippen molar-refractivity contribution in [2.24, 2.45) is 0 Å². The molecular formula is C15H32N2O3. The SMILES string of the molecule is CCNC(C)(CC(C)N(CCOC)C(C)C)C(=O)OC. The number of methoxy groups -OCH3 is 2. The molecule has 0 bridgehead atoms. The predicted molar refractivity (Wildman–Crippen MR) is 81.9 cm³/mol. The highest BCUT2D eigenvalue weighted by molar-refractivity contribution is 5.80. The Morgan fingerprint density at radius 1 is 1.30 bits per heavy atom. The molecule has 0 aliphatic rings. The van der Waals surface area contributed by atoms with Crippen molar-refractivity contribution >= 4 is 5.97 Å². The van der Waals surface area contributed by atoms with Gasteiger partial charge in [-0.15, -0.1) is 0 Å². The first kappa shape index (κ1) is 19.4. The smallest absolute Gasteiger partial charge is 0.325 e. The summed E-state index contributed by atoms with van der Waals surface area (Å²) in [4.78, 5) is 14.4. The first-order valence-electron chi connectivity index (χ1n) is 7.40. The van der Waals surface area contributed by atoms with Crippen LogP contribution in [0.3, 0.4) is 0 Å². The molecule has 2 atom stereocenters. The number of hydrogen-bond acceptors (Lipinski definition) is 5. The van der Waals surface area contributed by atoms with Crippen LogP contribution in [0.25, 0.3) is 0 Å². The van der Waals surface area contributed by atoms with Crippen molar-refractivity contribution in [1.82, 2.24) is 10.2 Å². The van der Waals surface area contributed by atoms with E-state index in [0.717, 1.165) is 13.1 Å². The molecule has 0 aliphatic heterocycles. The summed E-state index contributed by atoms with van der Waals surface area (Å²) in [6.45, 7) is 12.7. The summed E-state index contributed by atoms with van der Waals surface area (Å²) in [6, 6.07) is 0.664. The summed E-state index contributed by atoms with van der Waals surface area (Å²) in [5, 5.41) is 3.26. The zero-order chi connectivity index (χ0) is 15.8. The molecule has 0 aromatic rings. The van der Waals surface area contributed by atoms with Crippen molar-refractivity contribution in [3.8, 4) is 0 Å². The molecule has 5 nitrogen and oxygen atoms in total. The van der Waals surface area contributed by atoms with Crippen molar-refractivity contribution < 1.29 is 14.3 Å². The maximum Gasteiger partial charge on any atom is 0.325 e. The second-order valence-electron chi connectivity index (χ2n) is 5.73. The second-order valence-corrected chi connectivity index (χ2v) is 5.73. The van der Waals surface area contributed by atoms with Crippen LogP contribution in [-0.2, 0) is 14.3 Å². The lowest BCUT2D eigenvalue weighted by Gasteiger charge is -2.38. The highest BCUT2D eigenvalue weighted by atomic mass is 16.5. The van der Waals surface area contributed by atoms with Crippen molar-refractivity contribution in [2.45, 2.75) is 58.7 Å². The lowest BCUT2D eigenvalue weighted by molar-refractivity contribution is -0.149. The molecule has 0 heterocycles. The molecule has 0 fully saturated rings. The summed E-state index contributed by atoms with van der Waals surface area (Å²) in [5.74, 6) is -0.207. The van der Waals surface area contributed by atoms with E-state index in [1.807, 2.05) is 13.8 Å². The zero-order valence-electron chi connectivity index (χ0n) is 14.2. The van der Waals surface area contributed by atoms with Gasteiger partial charge < -0.3 is 14.8 Å². The number of esters is 1. The Kier molecular flexibility index (Phi) is 9.01. The standard InChI is InChI=1S/C15H32N2O3/c1-8-16-15(5,14(18)20-7)11-13(4)17(12(2)3)9-10-19-6/h12-13,16H,8-11H2,1-7H3. The number of likely N-dealkylation sites (N-methyl/N-ethyl adjacent to an activating group) is 1.